The Balaban J connectivity index is 2.08. The first-order valence-corrected chi connectivity index (χ1v) is 4.95. The molecule has 0 aromatic heterocycles. The summed E-state index contributed by atoms with van der Waals surface area (Å²) in [6.07, 6.45) is 4.03. The number of rotatable bonds is 2. The molecule has 0 bridgehead atoms. The van der Waals surface area contributed by atoms with Crippen LogP contribution in [0.15, 0.2) is 0 Å². The van der Waals surface area contributed by atoms with Gasteiger partial charge in [0.2, 0.25) is 0 Å². The standard InChI is InChI=1S/C9H16N2O2/c12-7-9(3-1-4-9)11-6-2-5-10-8(11)13/h12H,1-7H2,(H,10,13). The molecule has 2 aliphatic rings. The molecule has 4 nitrogen and oxygen atoms in total. The molecule has 0 unspecified atom stereocenters. The number of nitrogens with one attached hydrogen (secondary N) is 1. The zero-order chi connectivity index (χ0) is 9.31. The second-order valence-corrected chi connectivity index (χ2v) is 3.97. The fourth-order valence-corrected chi connectivity index (χ4v) is 2.18. The third-order valence-corrected chi connectivity index (χ3v) is 3.23. The van der Waals surface area contributed by atoms with Gasteiger partial charge >= 0.3 is 6.03 Å². The molecule has 0 aromatic carbocycles. The molecule has 2 fully saturated rings. The van der Waals surface area contributed by atoms with Crippen LogP contribution in [0.25, 0.3) is 0 Å². The first-order chi connectivity index (χ1) is 6.28. The van der Waals surface area contributed by atoms with Crippen LogP contribution in [0.2, 0.25) is 0 Å². The summed E-state index contributed by atoms with van der Waals surface area (Å²) < 4.78 is 0. The number of nitrogens with zero attached hydrogens (tertiary/aromatic N) is 1. The van der Waals surface area contributed by atoms with Crippen LogP contribution in [0.4, 0.5) is 4.79 Å². The summed E-state index contributed by atoms with van der Waals surface area (Å²) in [4.78, 5) is 13.3. The minimum Gasteiger partial charge on any atom is -0.394 e. The lowest BCUT2D eigenvalue weighted by molar-refractivity contribution is -0.00812. The predicted octanol–water partition coefficient (Wildman–Crippen LogP) is 0.317. The molecule has 2 rings (SSSR count). The fourth-order valence-electron chi connectivity index (χ4n) is 2.18. The van der Waals surface area contributed by atoms with Crippen molar-refractivity contribution in [1.82, 2.24) is 10.2 Å². The Hall–Kier alpha value is -0.770. The van der Waals surface area contributed by atoms with E-state index < -0.39 is 0 Å². The maximum atomic E-state index is 11.5. The van der Waals surface area contributed by atoms with Crippen LogP contribution in [-0.2, 0) is 0 Å². The zero-order valence-corrected chi connectivity index (χ0v) is 7.75. The highest BCUT2D eigenvalue weighted by Gasteiger charge is 2.44. The zero-order valence-electron chi connectivity index (χ0n) is 7.75. The molecule has 2 N–H and O–H groups in total. The molecule has 0 atom stereocenters. The Morgan fingerprint density at radius 3 is 2.69 bits per heavy atom. The second kappa shape index (κ2) is 3.18. The van der Waals surface area contributed by atoms with E-state index in [-0.39, 0.29) is 18.2 Å². The molecule has 74 valence electrons. The van der Waals surface area contributed by atoms with Gasteiger partial charge < -0.3 is 15.3 Å². The Morgan fingerprint density at radius 1 is 1.46 bits per heavy atom. The summed E-state index contributed by atoms with van der Waals surface area (Å²) in [7, 11) is 0. The van der Waals surface area contributed by atoms with Crippen LogP contribution in [0.3, 0.4) is 0 Å². The van der Waals surface area contributed by atoms with Gasteiger partial charge in [0.1, 0.15) is 0 Å². The average Bonchev–Trinajstić information content (AvgIpc) is 2.07. The van der Waals surface area contributed by atoms with Crippen molar-refractivity contribution in [1.29, 1.82) is 0 Å². The van der Waals surface area contributed by atoms with Crippen molar-refractivity contribution >= 4 is 6.03 Å². The van der Waals surface area contributed by atoms with Crippen LogP contribution in [0.5, 0.6) is 0 Å². The van der Waals surface area contributed by atoms with Crippen molar-refractivity contribution in [3.05, 3.63) is 0 Å². The third-order valence-electron chi connectivity index (χ3n) is 3.23. The molecule has 2 amide bonds. The predicted molar refractivity (Wildman–Crippen MR) is 48.4 cm³/mol. The minimum atomic E-state index is -0.218. The van der Waals surface area contributed by atoms with E-state index >= 15 is 0 Å². The van der Waals surface area contributed by atoms with Gasteiger partial charge in [-0.25, -0.2) is 4.79 Å². The number of amides is 2. The maximum Gasteiger partial charge on any atom is 0.317 e. The molecule has 1 aliphatic carbocycles. The van der Waals surface area contributed by atoms with Crippen molar-refractivity contribution in [3.8, 4) is 0 Å². The molecule has 4 heteroatoms. The SMILES string of the molecule is O=C1NCCCN1C1(CO)CCC1. The highest BCUT2D eigenvalue weighted by atomic mass is 16.3. The number of carbonyl (C=O) groups is 1. The van der Waals surface area contributed by atoms with Gasteiger partial charge in [-0.2, -0.15) is 0 Å². The Kier molecular flexibility index (Phi) is 2.15. The van der Waals surface area contributed by atoms with Crippen LogP contribution >= 0.6 is 0 Å². The molecule has 1 aliphatic heterocycles. The first-order valence-electron chi connectivity index (χ1n) is 4.95. The molecule has 1 heterocycles. The van der Waals surface area contributed by atoms with E-state index in [1.54, 1.807) is 0 Å². The largest absolute Gasteiger partial charge is 0.394 e. The van der Waals surface area contributed by atoms with Crippen LogP contribution in [0, 0.1) is 0 Å². The fraction of sp³-hybridized carbons (Fsp3) is 0.889. The summed E-state index contributed by atoms with van der Waals surface area (Å²) in [5.41, 5.74) is -0.218. The Bertz CT molecular complexity index is 208. The smallest absolute Gasteiger partial charge is 0.317 e. The first kappa shape index (κ1) is 8.81. The van der Waals surface area contributed by atoms with Crippen molar-refractivity contribution in [2.75, 3.05) is 19.7 Å². The van der Waals surface area contributed by atoms with Crippen LogP contribution in [0.1, 0.15) is 25.7 Å². The molecular formula is C9H16N2O2. The average molecular weight is 184 g/mol. The normalized spacial score (nSPS) is 26.5. The van der Waals surface area contributed by atoms with E-state index in [1.807, 2.05) is 4.90 Å². The van der Waals surface area contributed by atoms with Crippen molar-refractivity contribution < 1.29 is 9.90 Å². The molecule has 1 saturated carbocycles. The molecule has 13 heavy (non-hydrogen) atoms. The molecule has 0 radical (unpaired) electrons. The lowest BCUT2D eigenvalue weighted by atomic mass is 9.75. The Morgan fingerprint density at radius 2 is 2.23 bits per heavy atom. The number of hydrogen-bond donors (Lipinski definition) is 2. The lowest BCUT2D eigenvalue weighted by Crippen LogP contribution is -2.63. The van der Waals surface area contributed by atoms with E-state index in [9.17, 15) is 9.90 Å². The number of hydrogen-bond acceptors (Lipinski definition) is 2. The van der Waals surface area contributed by atoms with Gasteiger partial charge in [-0.05, 0) is 25.7 Å². The maximum absolute atomic E-state index is 11.5. The number of urea groups is 1. The minimum absolute atomic E-state index is 0.000000000000000666. The molecule has 0 spiro atoms. The quantitative estimate of drug-likeness (QED) is 0.649. The summed E-state index contributed by atoms with van der Waals surface area (Å²) in [6.45, 7) is 1.68. The van der Waals surface area contributed by atoms with Crippen molar-refractivity contribution in [3.63, 3.8) is 0 Å². The summed E-state index contributed by atoms with van der Waals surface area (Å²) >= 11 is 0. The third kappa shape index (κ3) is 1.29. The van der Waals surface area contributed by atoms with E-state index in [0.29, 0.717) is 0 Å². The van der Waals surface area contributed by atoms with Gasteiger partial charge in [-0.15, -0.1) is 0 Å². The van der Waals surface area contributed by atoms with Crippen molar-refractivity contribution in [2.45, 2.75) is 31.2 Å². The monoisotopic (exact) mass is 184 g/mol. The summed E-state index contributed by atoms with van der Waals surface area (Å²) in [6, 6.07) is 0.000000000000000666. The second-order valence-electron chi connectivity index (χ2n) is 3.97. The van der Waals surface area contributed by atoms with E-state index in [1.165, 1.54) is 0 Å². The van der Waals surface area contributed by atoms with E-state index in [4.69, 9.17) is 0 Å². The Labute approximate surface area is 77.9 Å². The number of aliphatic hydroxyl groups is 1. The van der Waals surface area contributed by atoms with E-state index in [2.05, 4.69) is 5.32 Å². The lowest BCUT2D eigenvalue weighted by Gasteiger charge is -2.50. The van der Waals surface area contributed by atoms with E-state index in [0.717, 1.165) is 38.8 Å². The van der Waals surface area contributed by atoms with Gasteiger partial charge in [-0.3, -0.25) is 0 Å². The molecular weight excluding hydrogens is 168 g/mol. The van der Waals surface area contributed by atoms with Gasteiger partial charge in [-0.1, -0.05) is 0 Å². The van der Waals surface area contributed by atoms with Gasteiger partial charge in [0, 0.05) is 13.1 Å². The van der Waals surface area contributed by atoms with Gasteiger partial charge in [0.15, 0.2) is 0 Å². The highest BCUT2D eigenvalue weighted by Crippen LogP contribution is 2.37. The summed E-state index contributed by atoms with van der Waals surface area (Å²) in [5.74, 6) is 0. The topological polar surface area (TPSA) is 52.6 Å². The van der Waals surface area contributed by atoms with Crippen molar-refractivity contribution in [2.24, 2.45) is 0 Å². The van der Waals surface area contributed by atoms with Gasteiger partial charge in [0.05, 0.1) is 12.1 Å². The van der Waals surface area contributed by atoms with Crippen LogP contribution < -0.4 is 5.32 Å². The number of carbonyl (C=O) groups excluding carboxylic acids is 1. The van der Waals surface area contributed by atoms with Crippen LogP contribution in [-0.4, -0.2) is 41.3 Å². The molecule has 1 saturated heterocycles. The van der Waals surface area contributed by atoms with Gasteiger partial charge in [0.25, 0.3) is 0 Å². The molecule has 0 aromatic rings. The summed E-state index contributed by atoms with van der Waals surface area (Å²) in [5, 5.41) is 12.1. The highest BCUT2D eigenvalue weighted by molar-refractivity contribution is 5.76. The number of aliphatic hydroxyl groups excluding tert-OH is 1.